The van der Waals surface area contributed by atoms with Gasteiger partial charge in [0.25, 0.3) is 0 Å². The molecule has 1 nitrogen and oxygen atoms in total. The molecule has 0 fully saturated rings. The van der Waals surface area contributed by atoms with Gasteiger partial charge in [0.1, 0.15) is 0 Å². The molecule has 7 rings (SSSR count). The number of allylic oxidation sites excluding steroid dienone is 4. The van der Waals surface area contributed by atoms with Crippen molar-refractivity contribution in [3.05, 3.63) is 142 Å². The summed E-state index contributed by atoms with van der Waals surface area (Å²) in [7, 11) is 0. The molecule has 5 aromatic carbocycles. The van der Waals surface area contributed by atoms with E-state index < -0.39 is 0 Å². The smallest absolute Gasteiger partial charge is 0.195 e. The third-order valence-electron chi connectivity index (χ3n) is 7.07. The van der Waals surface area contributed by atoms with Gasteiger partial charge in [-0.15, -0.1) is 0 Å². The largest absolute Gasteiger partial charge is 0.289 e. The second-order valence-corrected chi connectivity index (χ2v) is 9.78. The Bertz CT molecular complexity index is 1740. The van der Waals surface area contributed by atoms with Crippen LogP contribution in [0.2, 0.25) is 0 Å². The lowest BCUT2D eigenvalue weighted by atomic mass is 9.88. The van der Waals surface area contributed by atoms with Gasteiger partial charge in [0.15, 0.2) is 5.78 Å². The fourth-order valence-electron chi connectivity index (χ4n) is 5.64. The summed E-state index contributed by atoms with van der Waals surface area (Å²) >= 11 is 3.75. The Labute approximate surface area is 212 Å². The van der Waals surface area contributed by atoms with Crippen molar-refractivity contribution in [2.45, 2.75) is 0 Å². The fourth-order valence-corrected chi connectivity index (χ4v) is 6.10. The SMILES string of the molecule is O=C1C(c2ccccc2)=C2C(=C1c1ccccc1-c1ccccc1)c1ccc(Br)c3cccc2c13. The van der Waals surface area contributed by atoms with Gasteiger partial charge in [-0.05, 0) is 50.2 Å². The summed E-state index contributed by atoms with van der Waals surface area (Å²) in [6.07, 6.45) is 0. The van der Waals surface area contributed by atoms with Gasteiger partial charge in [0.05, 0.1) is 0 Å². The highest BCUT2D eigenvalue weighted by Gasteiger charge is 2.40. The molecular weight excluding hydrogens is 492 g/mol. The van der Waals surface area contributed by atoms with Crippen LogP contribution < -0.4 is 0 Å². The molecule has 0 heterocycles. The fraction of sp³-hybridized carbons (Fsp3) is 0. The van der Waals surface area contributed by atoms with Crippen molar-refractivity contribution >= 4 is 54.8 Å². The predicted octanol–water partition coefficient (Wildman–Crippen LogP) is 8.69. The molecule has 0 radical (unpaired) electrons. The molecule has 0 amide bonds. The van der Waals surface area contributed by atoms with Crippen molar-refractivity contribution in [3.8, 4) is 11.1 Å². The van der Waals surface area contributed by atoms with Gasteiger partial charge in [-0.1, -0.05) is 125 Å². The molecule has 0 aliphatic heterocycles. The van der Waals surface area contributed by atoms with Crippen molar-refractivity contribution in [3.63, 3.8) is 0 Å². The lowest BCUT2D eigenvalue weighted by Gasteiger charge is -2.14. The van der Waals surface area contributed by atoms with Crippen LogP contribution in [0.3, 0.4) is 0 Å². The van der Waals surface area contributed by atoms with E-state index in [1.165, 1.54) is 10.8 Å². The van der Waals surface area contributed by atoms with Crippen molar-refractivity contribution in [2.75, 3.05) is 0 Å². The molecule has 0 atom stereocenters. The zero-order chi connectivity index (χ0) is 23.5. The van der Waals surface area contributed by atoms with E-state index >= 15 is 0 Å². The third kappa shape index (κ3) is 2.90. The molecule has 2 aliphatic rings. The highest BCUT2D eigenvalue weighted by Crippen LogP contribution is 2.57. The van der Waals surface area contributed by atoms with Crippen LogP contribution in [0.15, 0.2) is 120 Å². The predicted molar refractivity (Wildman–Crippen MR) is 149 cm³/mol. The normalized spacial score (nSPS) is 14.3. The van der Waals surface area contributed by atoms with E-state index in [0.29, 0.717) is 0 Å². The first-order chi connectivity index (χ1) is 17.2. The number of halogens is 1. The molecule has 5 aromatic rings. The van der Waals surface area contributed by atoms with Crippen molar-refractivity contribution in [1.82, 2.24) is 0 Å². The van der Waals surface area contributed by atoms with Gasteiger partial charge < -0.3 is 0 Å². The number of ketones is 1. The zero-order valence-corrected chi connectivity index (χ0v) is 20.3. The Morgan fingerprint density at radius 2 is 1.00 bits per heavy atom. The Morgan fingerprint density at radius 3 is 1.74 bits per heavy atom. The Hall–Kier alpha value is -4.01. The highest BCUT2D eigenvalue weighted by atomic mass is 79.9. The third-order valence-corrected chi connectivity index (χ3v) is 7.77. The Balaban J connectivity index is 1.60. The summed E-state index contributed by atoms with van der Waals surface area (Å²) in [5, 5.41) is 2.38. The van der Waals surface area contributed by atoms with Gasteiger partial charge in [-0.3, -0.25) is 4.79 Å². The number of benzene rings is 5. The number of hydrogen-bond acceptors (Lipinski definition) is 1. The minimum Gasteiger partial charge on any atom is -0.289 e. The Morgan fingerprint density at radius 1 is 0.429 bits per heavy atom. The van der Waals surface area contributed by atoms with E-state index in [0.717, 1.165) is 60.1 Å². The molecule has 2 heteroatoms. The topological polar surface area (TPSA) is 17.1 Å². The highest BCUT2D eigenvalue weighted by molar-refractivity contribution is 9.10. The first kappa shape index (κ1) is 20.4. The second kappa shape index (κ2) is 7.76. The van der Waals surface area contributed by atoms with Crippen LogP contribution >= 0.6 is 15.9 Å². The average molecular weight is 511 g/mol. The van der Waals surface area contributed by atoms with Crippen molar-refractivity contribution < 1.29 is 4.79 Å². The first-order valence-corrected chi connectivity index (χ1v) is 12.5. The molecule has 35 heavy (non-hydrogen) atoms. The van der Waals surface area contributed by atoms with E-state index in [4.69, 9.17) is 0 Å². The van der Waals surface area contributed by atoms with Crippen LogP contribution in [-0.4, -0.2) is 5.78 Å². The maximum atomic E-state index is 14.4. The van der Waals surface area contributed by atoms with Crippen LogP contribution in [0.4, 0.5) is 0 Å². The standard InChI is InChI=1S/C33H19BrO/c34-27-19-18-26-29-24(27)16-9-17-25(29)30-28(21-12-5-2-6-13-21)33(35)32(31(26)30)23-15-8-7-14-22(23)20-10-3-1-4-11-20/h1-19H. The molecule has 0 aromatic heterocycles. The van der Waals surface area contributed by atoms with Gasteiger partial charge in [-0.25, -0.2) is 0 Å². The van der Waals surface area contributed by atoms with Gasteiger partial charge in [-0.2, -0.15) is 0 Å². The number of carbonyl (C=O) groups is 1. The lowest BCUT2D eigenvalue weighted by molar-refractivity contribution is -0.108. The summed E-state index contributed by atoms with van der Waals surface area (Å²) in [5.74, 6) is 0.0927. The molecule has 164 valence electrons. The summed E-state index contributed by atoms with van der Waals surface area (Å²) in [5.41, 5.74) is 10.1. The number of rotatable bonds is 3. The summed E-state index contributed by atoms with van der Waals surface area (Å²) in [4.78, 5) is 14.4. The van der Waals surface area contributed by atoms with Crippen LogP contribution in [0.1, 0.15) is 22.3 Å². The average Bonchev–Trinajstić information content (AvgIpc) is 3.39. The van der Waals surface area contributed by atoms with Crippen LogP contribution in [0.5, 0.6) is 0 Å². The second-order valence-electron chi connectivity index (χ2n) is 8.93. The van der Waals surface area contributed by atoms with E-state index in [9.17, 15) is 4.79 Å². The molecule has 0 saturated carbocycles. The number of carbonyl (C=O) groups excluding carboxylic acids is 1. The maximum absolute atomic E-state index is 14.4. The first-order valence-electron chi connectivity index (χ1n) is 11.7. The van der Waals surface area contributed by atoms with E-state index in [1.807, 2.05) is 60.7 Å². The molecule has 2 aliphatic carbocycles. The Kier molecular flexibility index (Phi) is 4.52. The van der Waals surface area contributed by atoms with E-state index in [2.05, 4.69) is 70.5 Å². The van der Waals surface area contributed by atoms with Crippen molar-refractivity contribution in [1.29, 1.82) is 0 Å². The maximum Gasteiger partial charge on any atom is 0.195 e. The van der Waals surface area contributed by atoms with Gasteiger partial charge in [0, 0.05) is 26.8 Å². The molecule has 0 spiro atoms. The number of Topliss-reactive ketones (excluding diaryl/α,β-unsaturated/α-hetero) is 1. The van der Waals surface area contributed by atoms with Gasteiger partial charge in [0.2, 0.25) is 0 Å². The number of fused-ring (bicyclic) bond motifs is 3. The molecule has 0 bridgehead atoms. The minimum absolute atomic E-state index is 0.0927. The van der Waals surface area contributed by atoms with E-state index in [1.54, 1.807) is 0 Å². The van der Waals surface area contributed by atoms with Crippen LogP contribution in [0, 0.1) is 0 Å². The van der Waals surface area contributed by atoms with Crippen LogP contribution in [0.25, 0.3) is 44.2 Å². The molecule has 0 saturated heterocycles. The monoisotopic (exact) mass is 510 g/mol. The zero-order valence-electron chi connectivity index (χ0n) is 18.8. The molecule has 0 unspecified atom stereocenters. The minimum atomic E-state index is 0.0927. The summed E-state index contributed by atoms with van der Waals surface area (Å²) in [6.45, 7) is 0. The van der Waals surface area contributed by atoms with Gasteiger partial charge >= 0.3 is 0 Å². The van der Waals surface area contributed by atoms with E-state index in [-0.39, 0.29) is 5.78 Å². The molecular formula is C33H19BrO. The summed E-state index contributed by atoms with van der Waals surface area (Å²) < 4.78 is 1.07. The molecule has 0 N–H and O–H groups in total. The number of hydrogen-bond donors (Lipinski definition) is 0. The van der Waals surface area contributed by atoms with Crippen molar-refractivity contribution in [2.24, 2.45) is 0 Å². The quantitative estimate of drug-likeness (QED) is 0.237. The lowest BCUT2D eigenvalue weighted by Crippen LogP contribution is -2.04. The van der Waals surface area contributed by atoms with Crippen LogP contribution in [-0.2, 0) is 4.79 Å². The summed E-state index contributed by atoms with van der Waals surface area (Å²) in [6, 6.07) is 39.4.